The Kier molecular flexibility index (Phi) is 6.67. The number of carbonyl (C=O) groups is 2. The number of esters is 1. The summed E-state index contributed by atoms with van der Waals surface area (Å²) in [5, 5.41) is 8.01. The van der Waals surface area contributed by atoms with E-state index < -0.39 is 5.97 Å². The van der Waals surface area contributed by atoms with Crippen LogP contribution in [0.1, 0.15) is 33.6 Å². The molecular weight excluding hydrogens is 459 g/mol. The van der Waals surface area contributed by atoms with Gasteiger partial charge in [0.2, 0.25) is 5.91 Å². The fourth-order valence-corrected chi connectivity index (χ4v) is 6.77. The van der Waals surface area contributed by atoms with Gasteiger partial charge in [-0.15, -0.1) is 16.4 Å². The number of amides is 1. The van der Waals surface area contributed by atoms with Crippen molar-refractivity contribution in [3.8, 4) is 5.69 Å². The second-order valence-electron chi connectivity index (χ2n) is 6.62. The summed E-state index contributed by atoms with van der Waals surface area (Å²) in [5.41, 5.74) is 2.43. The van der Waals surface area contributed by atoms with Gasteiger partial charge in [-0.2, -0.15) is 0 Å². The van der Waals surface area contributed by atoms with Gasteiger partial charge in [0, 0.05) is 4.88 Å². The average molecular weight is 478 g/mol. The lowest BCUT2D eigenvalue weighted by Crippen LogP contribution is -2.16. The highest BCUT2D eigenvalue weighted by atomic mass is 32.2. The summed E-state index contributed by atoms with van der Waals surface area (Å²) in [7, 11) is 1.37. The van der Waals surface area contributed by atoms with Crippen LogP contribution in [0, 0.1) is 3.95 Å². The lowest BCUT2D eigenvalue weighted by Gasteiger charge is -2.11. The molecule has 0 bridgehead atoms. The molecule has 30 heavy (non-hydrogen) atoms. The van der Waals surface area contributed by atoms with Gasteiger partial charge in [0.05, 0.1) is 24.1 Å². The van der Waals surface area contributed by atoms with Gasteiger partial charge < -0.3 is 10.1 Å². The molecule has 0 saturated carbocycles. The smallest absolute Gasteiger partial charge is 0.341 e. The van der Waals surface area contributed by atoms with Crippen LogP contribution in [0.5, 0.6) is 0 Å². The fourth-order valence-electron chi connectivity index (χ4n) is 3.31. The number of anilines is 1. The van der Waals surface area contributed by atoms with Crippen LogP contribution in [0.2, 0.25) is 0 Å². The van der Waals surface area contributed by atoms with Gasteiger partial charge in [0.1, 0.15) is 5.00 Å². The number of rotatable bonds is 6. The van der Waals surface area contributed by atoms with Gasteiger partial charge in [-0.05, 0) is 55.6 Å². The maximum absolute atomic E-state index is 12.6. The van der Waals surface area contributed by atoms with Crippen LogP contribution in [-0.4, -0.2) is 34.5 Å². The van der Waals surface area contributed by atoms with Gasteiger partial charge >= 0.3 is 5.97 Å². The zero-order chi connectivity index (χ0) is 21.1. The molecule has 1 aromatic carbocycles. The number of para-hydroxylation sites is 1. The van der Waals surface area contributed by atoms with E-state index >= 15 is 0 Å². The Hall–Kier alpha value is -2.01. The molecule has 1 aliphatic carbocycles. The van der Waals surface area contributed by atoms with Gasteiger partial charge in [0.15, 0.2) is 8.29 Å². The highest BCUT2D eigenvalue weighted by molar-refractivity contribution is 8.01. The van der Waals surface area contributed by atoms with E-state index in [1.807, 2.05) is 30.3 Å². The number of hydrogen-bond acceptors (Lipinski definition) is 8. The molecule has 0 fully saturated rings. The minimum absolute atomic E-state index is 0.181. The Morgan fingerprint density at radius 2 is 2.00 bits per heavy atom. The number of nitrogens with one attached hydrogen (secondary N) is 1. The molecule has 156 valence electrons. The molecule has 3 aromatic rings. The predicted octanol–water partition coefficient (Wildman–Crippen LogP) is 5.12. The molecule has 0 unspecified atom stereocenters. The monoisotopic (exact) mass is 477 g/mol. The van der Waals surface area contributed by atoms with E-state index in [4.69, 9.17) is 17.0 Å². The summed E-state index contributed by atoms with van der Waals surface area (Å²) >= 11 is 9.59. The van der Waals surface area contributed by atoms with Crippen LogP contribution in [0.25, 0.3) is 5.69 Å². The van der Waals surface area contributed by atoms with Gasteiger partial charge in [-0.1, -0.05) is 41.3 Å². The molecule has 0 aliphatic heterocycles. The van der Waals surface area contributed by atoms with E-state index in [0.29, 0.717) is 14.5 Å². The van der Waals surface area contributed by atoms with Crippen molar-refractivity contribution >= 4 is 63.5 Å². The second-order valence-corrected chi connectivity index (χ2v) is 10.6. The molecule has 10 heteroatoms. The molecule has 1 amide bonds. The number of benzene rings is 1. The second kappa shape index (κ2) is 9.42. The van der Waals surface area contributed by atoms with Crippen LogP contribution >= 0.6 is 46.7 Å². The summed E-state index contributed by atoms with van der Waals surface area (Å²) in [6.07, 6.45) is 3.94. The molecule has 0 spiro atoms. The molecular formula is C20H19N3O3S4. The predicted molar refractivity (Wildman–Crippen MR) is 124 cm³/mol. The molecule has 6 nitrogen and oxygen atoms in total. The van der Waals surface area contributed by atoms with Crippen molar-refractivity contribution in [3.63, 3.8) is 0 Å². The van der Waals surface area contributed by atoms with E-state index in [2.05, 4.69) is 10.4 Å². The quantitative estimate of drug-likeness (QED) is 0.302. The maximum Gasteiger partial charge on any atom is 0.341 e. The van der Waals surface area contributed by atoms with E-state index in [-0.39, 0.29) is 11.7 Å². The Labute approximate surface area is 191 Å². The van der Waals surface area contributed by atoms with Crippen molar-refractivity contribution < 1.29 is 14.3 Å². The fraction of sp³-hybridized carbons (Fsp3) is 0.300. The van der Waals surface area contributed by atoms with E-state index in [9.17, 15) is 9.59 Å². The number of fused-ring (bicyclic) bond motifs is 1. The highest BCUT2D eigenvalue weighted by Crippen LogP contribution is 2.38. The number of nitrogens with zero attached hydrogens (tertiary/aromatic N) is 2. The molecule has 4 rings (SSSR count). The van der Waals surface area contributed by atoms with E-state index in [0.717, 1.165) is 41.3 Å². The normalized spacial score (nSPS) is 13.0. The number of aryl methyl sites for hydroxylation is 1. The number of ether oxygens (including phenoxy) is 1. The third-order valence-electron chi connectivity index (χ3n) is 4.67. The topological polar surface area (TPSA) is 73.2 Å². The lowest BCUT2D eigenvalue weighted by atomic mass is 9.95. The number of thioether (sulfide) groups is 1. The van der Waals surface area contributed by atoms with E-state index in [1.165, 1.54) is 46.4 Å². The number of hydrogen-bond donors (Lipinski definition) is 1. The Balaban J connectivity index is 1.46. The van der Waals surface area contributed by atoms with Crippen molar-refractivity contribution in [1.82, 2.24) is 9.78 Å². The summed E-state index contributed by atoms with van der Waals surface area (Å²) in [5.74, 6) is -0.395. The first-order chi connectivity index (χ1) is 14.6. The van der Waals surface area contributed by atoms with Crippen LogP contribution in [0.15, 0.2) is 34.7 Å². The first kappa shape index (κ1) is 21.2. The number of carbonyl (C=O) groups excluding carboxylic acids is 2. The SMILES string of the molecule is COC(=O)c1c(NC(=O)CSc2nn(-c3ccccc3)c(=S)s2)sc2c1CCCC2. The molecule has 2 heterocycles. The van der Waals surface area contributed by atoms with Crippen molar-refractivity contribution in [2.45, 2.75) is 30.0 Å². The third-order valence-corrected chi connectivity index (χ3v) is 8.24. The summed E-state index contributed by atoms with van der Waals surface area (Å²) in [6.45, 7) is 0. The third kappa shape index (κ3) is 4.51. The zero-order valence-corrected chi connectivity index (χ0v) is 19.4. The van der Waals surface area contributed by atoms with Crippen molar-refractivity contribution in [3.05, 3.63) is 50.3 Å². The largest absolute Gasteiger partial charge is 0.465 e. The zero-order valence-electron chi connectivity index (χ0n) is 16.2. The minimum atomic E-state index is -0.392. The molecule has 1 aliphatic rings. The molecule has 0 saturated heterocycles. The number of methoxy groups -OCH3 is 1. The summed E-state index contributed by atoms with van der Waals surface area (Å²) in [6, 6.07) is 9.66. The molecule has 2 aromatic heterocycles. The van der Waals surface area contributed by atoms with Gasteiger partial charge in [-0.3, -0.25) is 4.79 Å². The van der Waals surface area contributed by atoms with Crippen LogP contribution < -0.4 is 5.32 Å². The minimum Gasteiger partial charge on any atom is -0.465 e. The number of thiophene rings is 1. The van der Waals surface area contributed by atoms with Crippen LogP contribution in [0.3, 0.4) is 0 Å². The highest BCUT2D eigenvalue weighted by Gasteiger charge is 2.27. The Morgan fingerprint density at radius 1 is 1.23 bits per heavy atom. The standard InChI is InChI=1S/C20H19N3O3S4/c1-26-18(25)16-13-9-5-6-10-14(13)29-17(16)21-15(24)11-28-19-22-23(20(27)30-19)12-7-3-2-4-8-12/h2-4,7-8H,5-6,9-11H2,1H3,(H,21,24). The van der Waals surface area contributed by atoms with Crippen molar-refractivity contribution in [1.29, 1.82) is 0 Å². The Bertz CT molecular complexity index is 1130. The van der Waals surface area contributed by atoms with E-state index in [1.54, 1.807) is 4.68 Å². The molecule has 0 radical (unpaired) electrons. The van der Waals surface area contributed by atoms with Crippen LogP contribution in [0.4, 0.5) is 5.00 Å². The Morgan fingerprint density at radius 3 is 2.77 bits per heavy atom. The first-order valence-corrected chi connectivity index (χ1v) is 12.4. The number of aromatic nitrogens is 2. The summed E-state index contributed by atoms with van der Waals surface area (Å²) in [4.78, 5) is 26.1. The lowest BCUT2D eigenvalue weighted by molar-refractivity contribution is -0.113. The first-order valence-electron chi connectivity index (χ1n) is 9.38. The van der Waals surface area contributed by atoms with Crippen LogP contribution in [-0.2, 0) is 22.4 Å². The maximum atomic E-state index is 12.6. The van der Waals surface area contributed by atoms with Crippen molar-refractivity contribution in [2.24, 2.45) is 0 Å². The molecule has 1 N–H and O–H groups in total. The van der Waals surface area contributed by atoms with Crippen molar-refractivity contribution in [2.75, 3.05) is 18.2 Å². The summed E-state index contributed by atoms with van der Waals surface area (Å²) < 4.78 is 8.00. The molecule has 0 atom stereocenters. The van der Waals surface area contributed by atoms with Gasteiger partial charge in [-0.25, -0.2) is 9.48 Å². The van der Waals surface area contributed by atoms with Gasteiger partial charge in [0.25, 0.3) is 0 Å². The average Bonchev–Trinajstić information content (AvgIpc) is 3.32.